The first-order chi connectivity index (χ1) is 7.70. The molecule has 0 aliphatic carbocycles. The molecular weight excluding hydrogens is 214 g/mol. The average molecular weight is 227 g/mol. The molecule has 88 valence electrons. The lowest BCUT2D eigenvalue weighted by atomic mass is 10.1. The Labute approximate surface area is 91.8 Å². The number of aliphatic hydroxyl groups is 2. The van der Waals surface area contributed by atoms with Gasteiger partial charge >= 0.3 is 0 Å². The third-order valence-electron chi connectivity index (χ3n) is 3.01. The lowest BCUT2D eigenvalue weighted by Gasteiger charge is -2.23. The van der Waals surface area contributed by atoms with Crippen molar-refractivity contribution in [3.8, 4) is 0 Å². The number of hydrogen-bond acceptors (Lipinski definition) is 7. The molecule has 4 N–H and O–H groups in total. The number of fused-ring (bicyclic) bond motifs is 3. The van der Waals surface area contributed by atoms with Crippen molar-refractivity contribution in [2.45, 2.75) is 24.5 Å². The lowest BCUT2D eigenvalue weighted by molar-refractivity contribution is -0.0542. The molecular formula is C9H13N3O4. The minimum Gasteiger partial charge on any atom is -0.454 e. The van der Waals surface area contributed by atoms with Gasteiger partial charge in [-0.05, 0) is 6.08 Å². The number of hydrogen-bond donors (Lipinski definition) is 3. The first kappa shape index (κ1) is 9.88. The molecule has 3 aliphatic heterocycles. The van der Waals surface area contributed by atoms with E-state index in [0.29, 0.717) is 18.4 Å². The molecule has 2 fully saturated rings. The zero-order valence-corrected chi connectivity index (χ0v) is 8.48. The van der Waals surface area contributed by atoms with E-state index < -0.39 is 24.5 Å². The number of aliphatic imine (C=N–C) groups is 1. The van der Waals surface area contributed by atoms with E-state index in [1.54, 1.807) is 11.0 Å². The summed E-state index contributed by atoms with van der Waals surface area (Å²) in [6.45, 7) is 0.312. The van der Waals surface area contributed by atoms with E-state index in [1.165, 1.54) is 0 Å². The van der Waals surface area contributed by atoms with Crippen molar-refractivity contribution in [3.63, 3.8) is 0 Å². The Morgan fingerprint density at radius 3 is 3.19 bits per heavy atom. The van der Waals surface area contributed by atoms with Crippen LogP contribution in [0.3, 0.4) is 0 Å². The molecule has 3 aliphatic rings. The molecule has 0 amide bonds. The van der Waals surface area contributed by atoms with Crippen molar-refractivity contribution in [1.82, 2.24) is 4.90 Å². The Kier molecular flexibility index (Phi) is 2.06. The number of amidine groups is 1. The third kappa shape index (κ3) is 1.22. The standard InChI is InChI=1S/C9H13N3O4/c10-5-1-2-12-8-7(16-9(12)11-5)6(14)4(3-13)15-8/h1,4,6-8,13-14H,2-3,10H2/t4-,6?,7-,8-/m1/s1. The van der Waals surface area contributed by atoms with E-state index in [2.05, 4.69) is 4.99 Å². The number of nitrogens with two attached hydrogens (primary N) is 1. The summed E-state index contributed by atoms with van der Waals surface area (Å²) in [6, 6.07) is 0.380. The SMILES string of the molecule is NC1=CCN2C(=N1)O[C@@H]1C(O)[C@@H](CO)O[C@H]12. The monoisotopic (exact) mass is 227 g/mol. The van der Waals surface area contributed by atoms with Gasteiger partial charge < -0.3 is 25.4 Å². The van der Waals surface area contributed by atoms with Gasteiger partial charge in [0.2, 0.25) is 0 Å². The Morgan fingerprint density at radius 1 is 1.62 bits per heavy atom. The van der Waals surface area contributed by atoms with Crippen LogP contribution in [0.4, 0.5) is 0 Å². The van der Waals surface area contributed by atoms with Crippen molar-refractivity contribution < 1.29 is 19.7 Å². The van der Waals surface area contributed by atoms with E-state index in [4.69, 9.17) is 20.3 Å². The van der Waals surface area contributed by atoms with Crippen molar-refractivity contribution >= 4 is 6.02 Å². The van der Waals surface area contributed by atoms with E-state index >= 15 is 0 Å². The fourth-order valence-electron chi connectivity index (χ4n) is 2.17. The van der Waals surface area contributed by atoms with Crippen LogP contribution in [0.25, 0.3) is 0 Å². The number of rotatable bonds is 1. The maximum absolute atomic E-state index is 9.83. The second kappa shape index (κ2) is 3.34. The van der Waals surface area contributed by atoms with Crippen molar-refractivity contribution in [2.24, 2.45) is 10.7 Å². The van der Waals surface area contributed by atoms with Crippen LogP contribution in [-0.4, -0.2) is 58.8 Å². The van der Waals surface area contributed by atoms with Crippen LogP contribution in [0.5, 0.6) is 0 Å². The fraction of sp³-hybridized carbons (Fsp3) is 0.667. The summed E-state index contributed by atoms with van der Waals surface area (Å²) >= 11 is 0. The molecule has 1 unspecified atom stereocenters. The smallest absolute Gasteiger partial charge is 0.297 e. The summed E-state index contributed by atoms with van der Waals surface area (Å²) in [5.74, 6) is 0.402. The molecule has 16 heavy (non-hydrogen) atoms. The Hall–Kier alpha value is -1.31. The highest BCUT2D eigenvalue weighted by molar-refractivity contribution is 5.78. The normalized spacial score (nSPS) is 41.0. The zero-order valence-electron chi connectivity index (χ0n) is 8.48. The molecule has 0 bridgehead atoms. The molecule has 0 aromatic rings. The second-order valence-electron chi connectivity index (χ2n) is 4.00. The van der Waals surface area contributed by atoms with Crippen LogP contribution in [0.15, 0.2) is 16.9 Å². The van der Waals surface area contributed by atoms with Crippen LogP contribution < -0.4 is 5.73 Å². The summed E-state index contributed by atoms with van der Waals surface area (Å²) in [7, 11) is 0. The molecule has 0 saturated carbocycles. The first-order valence-electron chi connectivity index (χ1n) is 5.12. The van der Waals surface area contributed by atoms with E-state index in [-0.39, 0.29) is 6.61 Å². The number of aliphatic hydroxyl groups excluding tert-OH is 2. The number of nitrogens with zero attached hydrogens (tertiary/aromatic N) is 2. The van der Waals surface area contributed by atoms with Crippen molar-refractivity contribution in [2.75, 3.05) is 13.2 Å². The van der Waals surface area contributed by atoms with Crippen molar-refractivity contribution in [3.05, 3.63) is 11.9 Å². The van der Waals surface area contributed by atoms with Gasteiger partial charge in [-0.1, -0.05) is 0 Å². The van der Waals surface area contributed by atoms with Gasteiger partial charge in [-0.3, -0.25) is 4.90 Å². The molecule has 0 radical (unpaired) electrons. The third-order valence-corrected chi connectivity index (χ3v) is 3.01. The molecule has 0 aromatic carbocycles. The van der Waals surface area contributed by atoms with Crippen LogP contribution in [0.2, 0.25) is 0 Å². The van der Waals surface area contributed by atoms with Crippen molar-refractivity contribution in [1.29, 1.82) is 0 Å². The largest absolute Gasteiger partial charge is 0.454 e. The molecule has 7 nitrogen and oxygen atoms in total. The maximum atomic E-state index is 9.83. The van der Waals surface area contributed by atoms with Crippen LogP contribution in [-0.2, 0) is 9.47 Å². The van der Waals surface area contributed by atoms with E-state index in [9.17, 15) is 5.11 Å². The zero-order chi connectivity index (χ0) is 11.3. The highest BCUT2D eigenvalue weighted by atomic mass is 16.6. The quantitative estimate of drug-likeness (QED) is 0.476. The van der Waals surface area contributed by atoms with E-state index in [0.717, 1.165) is 0 Å². The molecule has 0 aromatic heterocycles. The maximum Gasteiger partial charge on any atom is 0.297 e. The minimum atomic E-state index is -0.843. The molecule has 3 rings (SSSR count). The van der Waals surface area contributed by atoms with Gasteiger partial charge in [0.05, 0.1) is 6.61 Å². The molecule has 3 heterocycles. The van der Waals surface area contributed by atoms with Gasteiger partial charge in [-0.25, -0.2) is 0 Å². The van der Waals surface area contributed by atoms with Gasteiger partial charge in [0, 0.05) is 6.54 Å². The molecule has 0 spiro atoms. The van der Waals surface area contributed by atoms with Gasteiger partial charge in [-0.2, -0.15) is 4.99 Å². The summed E-state index contributed by atoms with van der Waals surface area (Å²) < 4.78 is 11.0. The second-order valence-corrected chi connectivity index (χ2v) is 4.00. The van der Waals surface area contributed by atoms with Crippen LogP contribution in [0, 0.1) is 0 Å². The minimum absolute atomic E-state index is 0.226. The lowest BCUT2D eigenvalue weighted by Crippen LogP contribution is -2.38. The first-order valence-corrected chi connectivity index (χ1v) is 5.12. The molecule has 4 atom stereocenters. The Balaban J connectivity index is 1.84. The summed E-state index contributed by atoms with van der Waals surface area (Å²) in [6.07, 6.45) is -0.591. The predicted octanol–water partition coefficient (Wildman–Crippen LogP) is -2.06. The molecule has 7 heteroatoms. The van der Waals surface area contributed by atoms with Gasteiger partial charge in [0.25, 0.3) is 6.02 Å². The van der Waals surface area contributed by atoms with Gasteiger partial charge in [0.15, 0.2) is 12.3 Å². The topological polar surface area (TPSA) is 101 Å². The Bertz CT molecular complexity index is 370. The number of ether oxygens (including phenoxy) is 2. The highest BCUT2D eigenvalue weighted by Crippen LogP contribution is 2.33. The summed E-state index contributed by atoms with van der Waals surface area (Å²) in [5.41, 5.74) is 5.55. The highest BCUT2D eigenvalue weighted by Gasteiger charge is 2.54. The van der Waals surface area contributed by atoms with Gasteiger partial charge in [0.1, 0.15) is 18.0 Å². The summed E-state index contributed by atoms with van der Waals surface area (Å²) in [5, 5.41) is 18.8. The van der Waals surface area contributed by atoms with E-state index in [1.807, 2.05) is 0 Å². The summed E-state index contributed by atoms with van der Waals surface area (Å²) in [4.78, 5) is 5.80. The van der Waals surface area contributed by atoms with Crippen LogP contribution >= 0.6 is 0 Å². The molecule has 2 saturated heterocycles. The average Bonchev–Trinajstić information content (AvgIpc) is 2.75. The van der Waals surface area contributed by atoms with Gasteiger partial charge in [-0.15, -0.1) is 0 Å². The van der Waals surface area contributed by atoms with Crippen LogP contribution in [0.1, 0.15) is 0 Å². The predicted molar refractivity (Wildman–Crippen MR) is 53.0 cm³/mol. The Morgan fingerprint density at radius 2 is 2.44 bits per heavy atom. The fourth-order valence-corrected chi connectivity index (χ4v) is 2.17.